The molecule has 30 heavy (non-hydrogen) atoms. The van der Waals surface area contributed by atoms with Crippen LogP contribution in [0.5, 0.6) is 0 Å². The van der Waals surface area contributed by atoms with Crippen LogP contribution in [0.25, 0.3) is 5.69 Å². The lowest BCUT2D eigenvalue weighted by Crippen LogP contribution is -2.36. The summed E-state index contributed by atoms with van der Waals surface area (Å²) in [6.45, 7) is 8.57. The quantitative estimate of drug-likeness (QED) is 0.512. The van der Waals surface area contributed by atoms with Gasteiger partial charge in [0.05, 0.1) is 22.9 Å². The van der Waals surface area contributed by atoms with E-state index >= 15 is 0 Å². The minimum Gasteiger partial charge on any atom is -0.465 e. The SMILES string of the molecule is Cc1cccc(Sc2cc(CN(CC(C)(C)C)C(=O)O)nn2-c2ccccc2Cl)n1. The standard InChI is InChI=1S/C22H25ClN4O2S/c1-15-8-7-11-19(24-15)30-20-12-16(13-26(21(28)29)14-22(2,3)4)25-27(20)18-10-6-5-9-17(18)23/h5-12H,13-14H2,1-4H3,(H,28,29). The number of carbonyl (C=O) groups is 1. The molecule has 2 aromatic heterocycles. The summed E-state index contributed by atoms with van der Waals surface area (Å²) >= 11 is 7.89. The van der Waals surface area contributed by atoms with Gasteiger partial charge in [0, 0.05) is 12.2 Å². The first-order valence-corrected chi connectivity index (χ1v) is 10.7. The molecule has 6 nitrogen and oxygen atoms in total. The number of rotatable bonds is 6. The van der Waals surface area contributed by atoms with Gasteiger partial charge in [-0.3, -0.25) is 0 Å². The molecule has 2 heterocycles. The number of amides is 1. The number of aryl methyl sites for hydroxylation is 1. The molecule has 3 aromatic rings. The van der Waals surface area contributed by atoms with Gasteiger partial charge in [0.1, 0.15) is 10.1 Å². The van der Waals surface area contributed by atoms with Gasteiger partial charge in [0.25, 0.3) is 0 Å². The van der Waals surface area contributed by atoms with Crippen LogP contribution in [0, 0.1) is 12.3 Å². The van der Waals surface area contributed by atoms with Crippen LogP contribution < -0.4 is 0 Å². The molecule has 0 bridgehead atoms. The number of hydrogen-bond acceptors (Lipinski definition) is 4. The molecule has 1 N–H and O–H groups in total. The zero-order chi connectivity index (χ0) is 21.9. The Kier molecular flexibility index (Phi) is 6.73. The molecule has 0 radical (unpaired) electrons. The van der Waals surface area contributed by atoms with Crippen molar-refractivity contribution in [3.05, 3.63) is 64.9 Å². The highest BCUT2D eigenvalue weighted by molar-refractivity contribution is 7.99. The first kappa shape index (κ1) is 22.2. The molecule has 0 aliphatic rings. The van der Waals surface area contributed by atoms with E-state index in [9.17, 15) is 9.90 Å². The largest absolute Gasteiger partial charge is 0.465 e. The van der Waals surface area contributed by atoms with Crippen LogP contribution in [-0.2, 0) is 6.54 Å². The summed E-state index contributed by atoms with van der Waals surface area (Å²) in [5.41, 5.74) is 2.15. The van der Waals surface area contributed by atoms with E-state index in [1.165, 1.54) is 16.7 Å². The predicted molar refractivity (Wildman–Crippen MR) is 120 cm³/mol. The number of para-hydroxylation sites is 1. The summed E-state index contributed by atoms with van der Waals surface area (Å²) in [5, 5.41) is 16.6. The molecular weight excluding hydrogens is 420 g/mol. The summed E-state index contributed by atoms with van der Waals surface area (Å²) < 4.78 is 1.75. The molecule has 0 unspecified atom stereocenters. The summed E-state index contributed by atoms with van der Waals surface area (Å²) in [6, 6.07) is 15.2. The lowest BCUT2D eigenvalue weighted by Gasteiger charge is -2.27. The third kappa shape index (κ3) is 5.77. The smallest absolute Gasteiger partial charge is 0.407 e. The first-order chi connectivity index (χ1) is 14.1. The van der Waals surface area contributed by atoms with Crippen molar-refractivity contribution in [2.24, 2.45) is 5.41 Å². The Bertz CT molecular complexity index is 1050. The van der Waals surface area contributed by atoms with E-state index in [4.69, 9.17) is 16.7 Å². The van der Waals surface area contributed by atoms with Crippen LogP contribution in [-0.4, -0.2) is 37.4 Å². The molecule has 1 amide bonds. The second-order valence-corrected chi connectivity index (χ2v) is 9.70. The molecule has 0 saturated carbocycles. The third-order valence-electron chi connectivity index (χ3n) is 4.17. The van der Waals surface area contributed by atoms with Crippen LogP contribution in [0.4, 0.5) is 4.79 Å². The van der Waals surface area contributed by atoms with Crippen LogP contribution in [0.15, 0.2) is 58.6 Å². The van der Waals surface area contributed by atoms with Crippen molar-refractivity contribution in [2.75, 3.05) is 6.54 Å². The first-order valence-electron chi connectivity index (χ1n) is 9.55. The fraction of sp³-hybridized carbons (Fsp3) is 0.318. The van der Waals surface area contributed by atoms with Crippen LogP contribution in [0.1, 0.15) is 32.2 Å². The zero-order valence-corrected chi connectivity index (χ0v) is 19.0. The maximum absolute atomic E-state index is 11.8. The zero-order valence-electron chi connectivity index (χ0n) is 17.5. The monoisotopic (exact) mass is 444 g/mol. The summed E-state index contributed by atoms with van der Waals surface area (Å²) in [4.78, 5) is 17.7. The second-order valence-electron chi connectivity index (χ2n) is 8.26. The van der Waals surface area contributed by atoms with Crippen LogP contribution in [0.3, 0.4) is 0 Å². The van der Waals surface area contributed by atoms with Gasteiger partial charge in [0.2, 0.25) is 0 Å². The van der Waals surface area contributed by atoms with E-state index in [0.717, 1.165) is 21.4 Å². The van der Waals surface area contributed by atoms with Crippen molar-refractivity contribution in [1.82, 2.24) is 19.7 Å². The van der Waals surface area contributed by atoms with Gasteiger partial charge in [-0.2, -0.15) is 5.10 Å². The Morgan fingerprint density at radius 2 is 1.93 bits per heavy atom. The molecule has 0 saturated heterocycles. The molecule has 158 valence electrons. The molecule has 0 spiro atoms. The number of aromatic nitrogens is 3. The lowest BCUT2D eigenvalue weighted by atomic mass is 9.96. The number of benzene rings is 1. The van der Waals surface area contributed by atoms with Crippen molar-refractivity contribution < 1.29 is 9.90 Å². The number of carboxylic acid groups (broad SMARTS) is 1. The Morgan fingerprint density at radius 3 is 2.57 bits per heavy atom. The summed E-state index contributed by atoms with van der Waals surface area (Å²) in [7, 11) is 0. The molecule has 1 aromatic carbocycles. The molecular formula is C22H25ClN4O2S. The average Bonchev–Trinajstić information content (AvgIpc) is 3.02. The van der Waals surface area contributed by atoms with E-state index in [2.05, 4.69) is 4.98 Å². The van der Waals surface area contributed by atoms with E-state index in [1.54, 1.807) is 10.7 Å². The second kappa shape index (κ2) is 9.10. The van der Waals surface area contributed by atoms with Gasteiger partial charge in [0.15, 0.2) is 0 Å². The van der Waals surface area contributed by atoms with Gasteiger partial charge < -0.3 is 10.0 Å². The molecule has 0 fully saturated rings. The molecule has 3 rings (SSSR count). The van der Waals surface area contributed by atoms with E-state index < -0.39 is 6.09 Å². The van der Waals surface area contributed by atoms with Gasteiger partial charge >= 0.3 is 6.09 Å². The van der Waals surface area contributed by atoms with Gasteiger partial charge in [-0.25, -0.2) is 14.5 Å². The fourth-order valence-electron chi connectivity index (χ4n) is 3.00. The van der Waals surface area contributed by atoms with Crippen molar-refractivity contribution in [1.29, 1.82) is 0 Å². The van der Waals surface area contributed by atoms with Crippen LogP contribution >= 0.6 is 23.4 Å². The van der Waals surface area contributed by atoms with E-state index in [0.29, 0.717) is 17.3 Å². The third-order valence-corrected chi connectivity index (χ3v) is 5.42. The van der Waals surface area contributed by atoms with Gasteiger partial charge in [-0.15, -0.1) is 0 Å². The van der Waals surface area contributed by atoms with E-state index in [1.807, 2.05) is 70.2 Å². The lowest BCUT2D eigenvalue weighted by molar-refractivity contribution is 0.122. The van der Waals surface area contributed by atoms with E-state index in [-0.39, 0.29) is 12.0 Å². The predicted octanol–water partition coefficient (Wildman–Crippen LogP) is 5.91. The van der Waals surface area contributed by atoms with Crippen molar-refractivity contribution in [3.63, 3.8) is 0 Å². The molecule has 0 atom stereocenters. The summed E-state index contributed by atoms with van der Waals surface area (Å²) in [5.74, 6) is 0. The number of hydrogen-bond donors (Lipinski definition) is 1. The topological polar surface area (TPSA) is 71.2 Å². The Labute approximate surface area is 185 Å². The number of pyridine rings is 1. The molecule has 0 aliphatic heterocycles. The molecule has 8 heteroatoms. The highest BCUT2D eigenvalue weighted by Crippen LogP contribution is 2.32. The minimum atomic E-state index is -0.966. The highest BCUT2D eigenvalue weighted by atomic mass is 35.5. The van der Waals surface area contributed by atoms with Crippen molar-refractivity contribution in [2.45, 2.75) is 44.3 Å². The Balaban J connectivity index is 1.99. The van der Waals surface area contributed by atoms with Gasteiger partial charge in [-0.1, -0.05) is 50.6 Å². The number of halogens is 1. The van der Waals surface area contributed by atoms with Gasteiger partial charge in [-0.05, 0) is 54.4 Å². The highest BCUT2D eigenvalue weighted by Gasteiger charge is 2.23. The molecule has 0 aliphatic carbocycles. The Hall–Kier alpha value is -2.51. The van der Waals surface area contributed by atoms with Crippen LogP contribution in [0.2, 0.25) is 5.02 Å². The van der Waals surface area contributed by atoms with Crippen molar-refractivity contribution in [3.8, 4) is 5.69 Å². The number of nitrogens with zero attached hydrogens (tertiary/aromatic N) is 4. The Morgan fingerprint density at radius 1 is 1.20 bits per heavy atom. The van der Waals surface area contributed by atoms with Crippen molar-refractivity contribution >= 4 is 29.5 Å². The maximum Gasteiger partial charge on any atom is 0.407 e. The summed E-state index contributed by atoms with van der Waals surface area (Å²) in [6.07, 6.45) is -0.966. The maximum atomic E-state index is 11.8. The normalized spacial score (nSPS) is 11.5. The average molecular weight is 445 g/mol. The fourth-order valence-corrected chi connectivity index (χ4v) is 4.18. The minimum absolute atomic E-state index is 0.160.